The van der Waals surface area contributed by atoms with E-state index in [-0.39, 0.29) is 29.8 Å². The summed E-state index contributed by atoms with van der Waals surface area (Å²) in [5.41, 5.74) is 3.35. The summed E-state index contributed by atoms with van der Waals surface area (Å²) in [7, 11) is 0. The molecule has 0 amide bonds. The lowest BCUT2D eigenvalue weighted by Crippen LogP contribution is -2.29. The molecule has 0 heterocycles. The van der Waals surface area contributed by atoms with Crippen LogP contribution in [0.2, 0.25) is 0 Å². The Morgan fingerprint density at radius 3 is 1.82 bits per heavy atom. The molecule has 3 saturated carbocycles. The molecule has 6 atom stereocenters. The second-order valence-electron chi connectivity index (χ2n) is 6.73. The van der Waals surface area contributed by atoms with Crippen molar-refractivity contribution in [3.63, 3.8) is 0 Å². The number of hydrogen-bond donors (Lipinski definition) is 0. The van der Waals surface area contributed by atoms with E-state index in [0.717, 1.165) is 18.3 Å². The fourth-order valence-corrected chi connectivity index (χ4v) is 6.02. The fourth-order valence-electron chi connectivity index (χ4n) is 6.02. The van der Waals surface area contributed by atoms with Gasteiger partial charge >= 0.3 is 0 Å². The highest BCUT2D eigenvalue weighted by molar-refractivity contribution is 6.10. The monoisotopic (exact) mass is 228 g/mol. The van der Waals surface area contributed by atoms with E-state index in [1.54, 1.807) is 11.1 Å². The van der Waals surface area contributed by atoms with E-state index in [4.69, 9.17) is 0 Å². The molecule has 88 valence electrons. The summed E-state index contributed by atoms with van der Waals surface area (Å²) in [6.07, 6.45) is 5.45. The van der Waals surface area contributed by atoms with Crippen LogP contribution in [0, 0.1) is 35.5 Å². The molecular formula is C15H16O2. The number of allylic oxidation sites excluding steroid dienone is 2. The van der Waals surface area contributed by atoms with Gasteiger partial charge in [0.15, 0.2) is 0 Å². The lowest BCUT2D eigenvalue weighted by atomic mass is 9.72. The van der Waals surface area contributed by atoms with Crippen molar-refractivity contribution < 1.29 is 9.59 Å². The van der Waals surface area contributed by atoms with Crippen LogP contribution in [-0.2, 0) is 9.59 Å². The first-order valence-corrected chi connectivity index (χ1v) is 7.05. The number of hydrogen-bond acceptors (Lipinski definition) is 2. The van der Waals surface area contributed by atoms with Crippen molar-refractivity contribution >= 4 is 11.6 Å². The molecule has 0 aromatic rings. The SMILES string of the molecule is O=C1CC(=O)[C@H]2[C@@H]1[C@H]1C[C@H]2C2=C1[C@H]1CC[C@H]2C1. The molecule has 4 bridgehead atoms. The Balaban J connectivity index is 1.69. The molecule has 0 radical (unpaired) electrons. The summed E-state index contributed by atoms with van der Waals surface area (Å²) < 4.78 is 0. The van der Waals surface area contributed by atoms with E-state index < -0.39 is 0 Å². The average molecular weight is 228 g/mol. The Morgan fingerprint density at radius 2 is 1.29 bits per heavy atom. The molecule has 0 N–H and O–H groups in total. The number of ketones is 2. The number of fused-ring (bicyclic) bond motifs is 11. The zero-order chi connectivity index (χ0) is 11.3. The maximum Gasteiger partial charge on any atom is 0.144 e. The molecular weight excluding hydrogens is 212 g/mol. The summed E-state index contributed by atoms with van der Waals surface area (Å²) in [6, 6.07) is 0. The standard InChI is InChI=1S/C15H16O2/c16-10-5-11(17)15-9-4-8(14(10)15)12-6-1-2-7(3-6)13(9)12/h6-9,14-15H,1-5H2/t6-,7-,8-,9-,14-,15+/m0/s1. The first-order valence-electron chi connectivity index (χ1n) is 7.05. The lowest BCUT2D eigenvalue weighted by molar-refractivity contribution is -0.123. The third-order valence-electron chi connectivity index (χ3n) is 6.30. The predicted molar refractivity (Wildman–Crippen MR) is 61.1 cm³/mol. The highest BCUT2D eigenvalue weighted by Gasteiger charge is 2.64. The molecule has 0 aromatic carbocycles. The molecule has 0 unspecified atom stereocenters. The van der Waals surface area contributed by atoms with Crippen LogP contribution in [0.3, 0.4) is 0 Å². The van der Waals surface area contributed by atoms with Gasteiger partial charge in [0, 0.05) is 11.8 Å². The number of carbonyl (C=O) groups excluding carboxylic acids is 2. The van der Waals surface area contributed by atoms with Crippen LogP contribution in [0.25, 0.3) is 0 Å². The van der Waals surface area contributed by atoms with Gasteiger partial charge in [-0.15, -0.1) is 0 Å². The largest absolute Gasteiger partial charge is 0.299 e. The smallest absolute Gasteiger partial charge is 0.144 e. The zero-order valence-electron chi connectivity index (χ0n) is 9.82. The molecule has 0 aromatic heterocycles. The van der Waals surface area contributed by atoms with E-state index in [0.29, 0.717) is 11.8 Å². The normalized spacial score (nSPS) is 53.9. The molecule has 5 aliphatic rings. The van der Waals surface area contributed by atoms with Gasteiger partial charge in [-0.2, -0.15) is 0 Å². The quantitative estimate of drug-likeness (QED) is 0.361. The van der Waals surface area contributed by atoms with Crippen LogP contribution in [0.5, 0.6) is 0 Å². The van der Waals surface area contributed by atoms with E-state index >= 15 is 0 Å². The minimum absolute atomic E-state index is 0.116. The van der Waals surface area contributed by atoms with Gasteiger partial charge in [-0.1, -0.05) is 11.1 Å². The maximum atomic E-state index is 12.0. The van der Waals surface area contributed by atoms with E-state index in [2.05, 4.69) is 0 Å². The molecule has 0 aliphatic heterocycles. The predicted octanol–water partition coefficient (Wildman–Crippen LogP) is 2.14. The molecule has 3 fully saturated rings. The Kier molecular flexibility index (Phi) is 1.37. The van der Waals surface area contributed by atoms with Gasteiger partial charge in [0.2, 0.25) is 0 Å². The van der Waals surface area contributed by atoms with Gasteiger partial charge in [0.05, 0.1) is 6.42 Å². The van der Waals surface area contributed by atoms with Crippen LogP contribution >= 0.6 is 0 Å². The molecule has 0 spiro atoms. The van der Waals surface area contributed by atoms with Crippen LogP contribution in [0.4, 0.5) is 0 Å². The van der Waals surface area contributed by atoms with Crippen molar-refractivity contribution in [2.45, 2.75) is 32.1 Å². The Morgan fingerprint density at radius 1 is 0.765 bits per heavy atom. The molecule has 5 aliphatic carbocycles. The van der Waals surface area contributed by atoms with Crippen molar-refractivity contribution in [3.05, 3.63) is 11.1 Å². The van der Waals surface area contributed by atoms with Crippen LogP contribution in [-0.4, -0.2) is 11.6 Å². The second kappa shape index (κ2) is 2.57. The number of rotatable bonds is 0. The highest BCUT2D eigenvalue weighted by atomic mass is 16.2. The van der Waals surface area contributed by atoms with E-state index in [1.165, 1.54) is 19.3 Å². The second-order valence-corrected chi connectivity index (χ2v) is 6.73. The van der Waals surface area contributed by atoms with Gasteiger partial charge < -0.3 is 0 Å². The summed E-state index contributed by atoms with van der Waals surface area (Å²) in [4.78, 5) is 24.0. The summed E-state index contributed by atoms with van der Waals surface area (Å²) in [5, 5.41) is 0. The zero-order valence-corrected chi connectivity index (χ0v) is 9.82. The molecule has 2 nitrogen and oxygen atoms in total. The Bertz CT molecular complexity index is 459. The third-order valence-corrected chi connectivity index (χ3v) is 6.30. The van der Waals surface area contributed by atoms with Crippen LogP contribution in [0.1, 0.15) is 32.1 Å². The average Bonchev–Trinajstić information content (AvgIpc) is 3.03. The van der Waals surface area contributed by atoms with Crippen molar-refractivity contribution in [1.82, 2.24) is 0 Å². The lowest BCUT2D eigenvalue weighted by Gasteiger charge is -2.30. The Labute approximate surface area is 100 Å². The highest BCUT2D eigenvalue weighted by Crippen LogP contribution is 2.68. The fraction of sp³-hybridized carbons (Fsp3) is 0.733. The number of carbonyl (C=O) groups is 2. The van der Waals surface area contributed by atoms with Crippen LogP contribution < -0.4 is 0 Å². The summed E-state index contributed by atoms with van der Waals surface area (Å²) in [5.74, 6) is 3.35. The summed E-state index contributed by atoms with van der Waals surface area (Å²) in [6.45, 7) is 0. The van der Waals surface area contributed by atoms with Crippen molar-refractivity contribution in [3.8, 4) is 0 Å². The van der Waals surface area contributed by atoms with Gasteiger partial charge in [-0.3, -0.25) is 9.59 Å². The van der Waals surface area contributed by atoms with Crippen LogP contribution in [0.15, 0.2) is 11.1 Å². The van der Waals surface area contributed by atoms with Gasteiger partial charge in [-0.05, 0) is 49.4 Å². The minimum atomic E-state index is 0.116. The number of Topliss-reactive ketones (excluding diaryl/α,β-unsaturated/α-hetero) is 2. The minimum Gasteiger partial charge on any atom is -0.299 e. The Hall–Kier alpha value is -0.920. The van der Waals surface area contributed by atoms with Gasteiger partial charge in [0.1, 0.15) is 11.6 Å². The van der Waals surface area contributed by atoms with Crippen molar-refractivity contribution in [2.24, 2.45) is 35.5 Å². The van der Waals surface area contributed by atoms with E-state index in [9.17, 15) is 9.59 Å². The van der Waals surface area contributed by atoms with E-state index in [1.807, 2.05) is 0 Å². The third kappa shape index (κ3) is 0.820. The molecule has 0 saturated heterocycles. The van der Waals surface area contributed by atoms with Gasteiger partial charge in [0.25, 0.3) is 0 Å². The molecule has 2 heteroatoms. The first-order chi connectivity index (χ1) is 8.25. The van der Waals surface area contributed by atoms with Gasteiger partial charge in [-0.25, -0.2) is 0 Å². The summed E-state index contributed by atoms with van der Waals surface area (Å²) >= 11 is 0. The maximum absolute atomic E-state index is 12.0. The topological polar surface area (TPSA) is 34.1 Å². The first kappa shape index (κ1) is 9.07. The van der Waals surface area contributed by atoms with Crippen molar-refractivity contribution in [1.29, 1.82) is 0 Å². The molecule has 5 rings (SSSR count). The molecule has 17 heavy (non-hydrogen) atoms. The van der Waals surface area contributed by atoms with Crippen molar-refractivity contribution in [2.75, 3.05) is 0 Å².